The van der Waals surface area contributed by atoms with E-state index in [4.69, 9.17) is 14.8 Å². The summed E-state index contributed by atoms with van der Waals surface area (Å²) in [4.78, 5) is 8.45. The summed E-state index contributed by atoms with van der Waals surface area (Å²) >= 11 is 1.53. The summed E-state index contributed by atoms with van der Waals surface area (Å²) in [5, 5.41) is 18.7. The third-order valence-corrected chi connectivity index (χ3v) is 3.36. The van der Waals surface area contributed by atoms with Gasteiger partial charge in [0.15, 0.2) is 5.16 Å². The number of nitrogens with zero attached hydrogens (tertiary/aromatic N) is 2. The molecular weight excluding hydrogens is 275 g/mol. The van der Waals surface area contributed by atoms with Gasteiger partial charge in [0.05, 0.1) is 6.61 Å². The summed E-state index contributed by atoms with van der Waals surface area (Å²) in [6.07, 6.45) is 1.74. The quantitative estimate of drug-likeness (QED) is 0.352. The fourth-order valence-corrected chi connectivity index (χ4v) is 2.22. The zero-order chi connectivity index (χ0) is 14.4. The first-order valence-corrected chi connectivity index (χ1v) is 7.15. The monoisotopic (exact) mass is 290 g/mol. The van der Waals surface area contributed by atoms with E-state index in [9.17, 15) is 0 Å². The topological polar surface area (TPSA) is 75.5 Å². The van der Waals surface area contributed by atoms with E-state index in [-0.39, 0.29) is 0 Å². The largest absolute Gasteiger partial charge is 0.493 e. The Balaban J connectivity index is 1.75. The van der Waals surface area contributed by atoms with Crippen molar-refractivity contribution in [1.29, 1.82) is 0 Å². The van der Waals surface area contributed by atoms with Crippen LogP contribution in [-0.4, -0.2) is 39.5 Å². The van der Waals surface area contributed by atoms with E-state index < -0.39 is 7.12 Å². The predicted octanol–water partition coefficient (Wildman–Crippen LogP) is 0.636. The summed E-state index contributed by atoms with van der Waals surface area (Å²) < 4.78 is 5.55. The molecule has 1 heterocycles. The number of rotatable bonds is 6. The Labute approximate surface area is 122 Å². The number of aromatic nitrogens is 2. The highest BCUT2D eigenvalue weighted by Gasteiger charge is 2.09. The second-order valence-corrected chi connectivity index (χ2v) is 5.18. The lowest BCUT2D eigenvalue weighted by atomic mass is 9.80. The second kappa shape index (κ2) is 7.28. The minimum Gasteiger partial charge on any atom is -0.493 e. The van der Waals surface area contributed by atoms with Gasteiger partial charge in [-0.15, -0.1) is 0 Å². The van der Waals surface area contributed by atoms with Crippen molar-refractivity contribution < 1.29 is 14.8 Å². The van der Waals surface area contributed by atoms with Crippen LogP contribution in [-0.2, 0) is 0 Å². The lowest BCUT2D eigenvalue weighted by Crippen LogP contribution is -2.29. The van der Waals surface area contributed by atoms with Gasteiger partial charge in [0.1, 0.15) is 5.75 Å². The number of hydrogen-bond donors (Lipinski definition) is 2. The molecule has 0 fully saturated rings. The molecule has 7 heteroatoms. The third kappa shape index (κ3) is 4.52. The number of hydrogen-bond acceptors (Lipinski definition) is 6. The molecule has 2 N–H and O–H groups in total. The van der Waals surface area contributed by atoms with Gasteiger partial charge in [0.2, 0.25) is 0 Å². The molecule has 1 aromatic heterocycles. The molecule has 2 rings (SSSR count). The fourth-order valence-electron chi connectivity index (χ4n) is 1.52. The van der Waals surface area contributed by atoms with Gasteiger partial charge >= 0.3 is 7.12 Å². The SMILES string of the molecule is Cc1ccnc(SCCOc2ccc(B(O)O)cc2)n1. The minimum absolute atomic E-state index is 0.444. The molecule has 0 aliphatic heterocycles. The summed E-state index contributed by atoms with van der Waals surface area (Å²) in [5.74, 6) is 1.44. The summed E-state index contributed by atoms with van der Waals surface area (Å²) in [5.41, 5.74) is 1.39. The normalized spacial score (nSPS) is 10.3. The van der Waals surface area contributed by atoms with Gasteiger partial charge in [-0.25, -0.2) is 9.97 Å². The molecule has 2 aromatic rings. The zero-order valence-electron chi connectivity index (χ0n) is 11.1. The number of thioether (sulfide) groups is 1. The van der Waals surface area contributed by atoms with E-state index in [1.165, 1.54) is 11.8 Å². The maximum atomic E-state index is 8.97. The number of ether oxygens (including phenoxy) is 1. The van der Waals surface area contributed by atoms with Crippen LogP contribution in [0.3, 0.4) is 0 Å². The summed E-state index contributed by atoms with van der Waals surface area (Å²) in [7, 11) is -1.45. The van der Waals surface area contributed by atoms with Gasteiger partial charge in [0, 0.05) is 17.6 Å². The molecule has 0 aliphatic rings. The van der Waals surface area contributed by atoms with Gasteiger partial charge in [-0.05, 0) is 30.6 Å². The molecule has 0 atom stereocenters. The van der Waals surface area contributed by atoms with Gasteiger partial charge in [-0.3, -0.25) is 0 Å². The van der Waals surface area contributed by atoms with Gasteiger partial charge in [-0.2, -0.15) is 0 Å². The average Bonchev–Trinajstić information content (AvgIpc) is 2.44. The molecule has 0 bridgehead atoms. The Morgan fingerprint density at radius 3 is 2.60 bits per heavy atom. The van der Waals surface area contributed by atoms with E-state index in [1.807, 2.05) is 13.0 Å². The van der Waals surface area contributed by atoms with Crippen molar-refractivity contribution in [2.45, 2.75) is 12.1 Å². The van der Waals surface area contributed by atoms with Gasteiger partial charge in [-0.1, -0.05) is 23.9 Å². The molecule has 1 aromatic carbocycles. The van der Waals surface area contributed by atoms with E-state index in [0.29, 0.717) is 17.8 Å². The highest BCUT2D eigenvalue weighted by molar-refractivity contribution is 7.99. The Hall–Kier alpha value is -1.57. The maximum absolute atomic E-state index is 8.97. The molecule has 0 amide bonds. The van der Waals surface area contributed by atoms with Crippen molar-refractivity contribution in [3.05, 3.63) is 42.2 Å². The highest BCUT2D eigenvalue weighted by atomic mass is 32.2. The smallest absolute Gasteiger partial charge is 0.488 e. The Morgan fingerprint density at radius 1 is 1.20 bits per heavy atom. The van der Waals surface area contributed by atoms with Crippen LogP contribution in [0.15, 0.2) is 41.7 Å². The van der Waals surface area contributed by atoms with Crippen LogP contribution < -0.4 is 10.2 Å². The van der Waals surface area contributed by atoms with Crippen LogP contribution >= 0.6 is 11.8 Å². The molecule has 0 unspecified atom stereocenters. The first-order chi connectivity index (χ1) is 9.65. The number of benzene rings is 1. The van der Waals surface area contributed by atoms with Crippen LogP contribution in [0.5, 0.6) is 5.75 Å². The van der Waals surface area contributed by atoms with E-state index >= 15 is 0 Å². The molecule has 0 saturated heterocycles. The Morgan fingerprint density at radius 2 is 1.95 bits per heavy atom. The Kier molecular flexibility index (Phi) is 5.40. The second-order valence-electron chi connectivity index (χ2n) is 4.12. The van der Waals surface area contributed by atoms with E-state index in [2.05, 4.69) is 9.97 Å². The van der Waals surface area contributed by atoms with Crippen molar-refractivity contribution in [2.24, 2.45) is 0 Å². The molecular formula is C13H15BN2O3S. The lowest BCUT2D eigenvalue weighted by molar-refractivity contribution is 0.344. The molecule has 0 radical (unpaired) electrons. The molecule has 0 spiro atoms. The molecule has 5 nitrogen and oxygen atoms in total. The van der Waals surface area contributed by atoms with Crippen LogP contribution in [0.2, 0.25) is 0 Å². The van der Waals surface area contributed by atoms with Gasteiger partial charge in [0.25, 0.3) is 0 Å². The first-order valence-electron chi connectivity index (χ1n) is 6.16. The Bertz CT molecular complexity index is 552. The van der Waals surface area contributed by atoms with Crippen molar-refractivity contribution in [1.82, 2.24) is 9.97 Å². The predicted molar refractivity (Wildman–Crippen MR) is 79.3 cm³/mol. The highest BCUT2D eigenvalue weighted by Crippen LogP contribution is 2.13. The average molecular weight is 290 g/mol. The van der Waals surface area contributed by atoms with Crippen LogP contribution in [0.4, 0.5) is 0 Å². The summed E-state index contributed by atoms with van der Waals surface area (Å²) in [6.45, 7) is 2.46. The van der Waals surface area contributed by atoms with Crippen molar-refractivity contribution in [3.63, 3.8) is 0 Å². The van der Waals surface area contributed by atoms with Crippen molar-refractivity contribution in [2.75, 3.05) is 12.4 Å². The maximum Gasteiger partial charge on any atom is 0.488 e. The summed E-state index contributed by atoms with van der Waals surface area (Å²) in [6, 6.07) is 8.52. The first kappa shape index (κ1) is 14.8. The van der Waals surface area contributed by atoms with Crippen molar-refractivity contribution in [3.8, 4) is 5.75 Å². The standard InChI is InChI=1S/C13H15BN2O3S/c1-10-6-7-15-13(16-10)20-9-8-19-12-4-2-11(3-5-12)14(17)18/h2-7,17-18H,8-9H2,1H3. The fraction of sp³-hybridized carbons (Fsp3) is 0.231. The lowest BCUT2D eigenvalue weighted by Gasteiger charge is -2.06. The zero-order valence-corrected chi connectivity index (χ0v) is 11.9. The van der Waals surface area contributed by atoms with E-state index in [0.717, 1.165) is 16.6 Å². The van der Waals surface area contributed by atoms with Gasteiger partial charge < -0.3 is 14.8 Å². The molecule has 20 heavy (non-hydrogen) atoms. The number of aryl methyl sites for hydroxylation is 1. The van der Waals surface area contributed by atoms with Crippen LogP contribution in [0.1, 0.15) is 5.69 Å². The van der Waals surface area contributed by atoms with E-state index in [1.54, 1.807) is 30.5 Å². The third-order valence-electron chi connectivity index (χ3n) is 2.53. The van der Waals surface area contributed by atoms with Crippen LogP contribution in [0, 0.1) is 6.92 Å². The molecule has 0 saturated carbocycles. The van der Waals surface area contributed by atoms with Crippen LogP contribution in [0.25, 0.3) is 0 Å². The van der Waals surface area contributed by atoms with Crippen molar-refractivity contribution >= 4 is 24.3 Å². The molecule has 104 valence electrons. The minimum atomic E-state index is -1.45. The molecule has 0 aliphatic carbocycles.